The third kappa shape index (κ3) is 5.64. The van der Waals surface area contributed by atoms with Gasteiger partial charge < -0.3 is 19.9 Å². The predicted molar refractivity (Wildman–Crippen MR) is 128 cm³/mol. The molecule has 0 radical (unpaired) electrons. The number of anilines is 2. The first-order valence-electron chi connectivity index (χ1n) is 10.4. The number of aromatic nitrogens is 2. The molecule has 168 valence electrons. The number of nitrogens with zero attached hydrogens (tertiary/aromatic N) is 2. The Balaban J connectivity index is 1.40. The summed E-state index contributed by atoms with van der Waals surface area (Å²) >= 11 is 1.35. The highest BCUT2D eigenvalue weighted by atomic mass is 32.1. The summed E-state index contributed by atoms with van der Waals surface area (Å²) in [6.45, 7) is 2.61. The van der Waals surface area contributed by atoms with E-state index >= 15 is 0 Å². The highest BCUT2D eigenvalue weighted by Crippen LogP contribution is 2.29. The van der Waals surface area contributed by atoms with Gasteiger partial charge in [0.15, 0.2) is 0 Å². The summed E-state index contributed by atoms with van der Waals surface area (Å²) in [5.41, 5.74) is 1.57. The molecule has 0 saturated heterocycles. The molecule has 4 rings (SSSR count). The maximum atomic E-state index is 12.8. The molecule has 0 saturated carbocycles. The third-order valence-corrected chi connectivity index (χ3v) is 5.91. The molecule has 33 heavy (non-hydrogen) atoms. The number of imidazole rings is 1. The van der Waals surface area contributed by atoms with E-state index in [0.717, 1.165) is 10.1 Å². The smallest absolute Gasteiger partial charge is 0.348 e. The number of esters is 1. The Labute approximate surface area is 194 Å². The van der Waals surface area contributed by atoms with Crippen LogP contribution in [-0.4, -0.2) is 33.9 Å². The van der Waals surface area contributed by atoms with Gasteiger partial charge in [0.1, 0.15) is 4.88 Å². The summed E-state index contributed by atoms with van der Waals surface area (Å²) in [7, 11) is 0. The molecule has 2 amide bonds. The largest absolute Gasteiger partial charge is 0.462 e. The summed E-state index contributed by atoms with van der Waals surface area (Å²) in [5, 5.41) is 6.53. The van der Waals surface area contributed by atoms with Gasteiger partial charge in [0.25, 0.3) is 5.91 Å². The summed E-state index contributed by atoms with van der Waals surface area (Å²) < 4.78 is 7.80. The molecule has 2 aromatic heterocycles. The maximum Gasteiger partial charge on any atom is 0.348 e. The van der Waals surface area contributed by atoms with E-state index in [2.05, 4.69) is 15.6 Å². The third-order valence-electron chi connectivity index (χ3n) is 4.82. The zero-order valence-corrected chi connectivity index (χ0v) is 18.7. The normalized spacial score (nSPS) is 10.7. The van der Waals surface area contributed by atoms with Crippen molar-refractivity contribution in [3.8, 4) is 0 Å². The minimum Gasteiger partial charge on any atom is -0.462 e. The minimum absolute atomic E-state index is 0.151. The van der Waals surface area contributed by atoms with Crippen LogP contribution in [0.25, 0.3) is 10.1 Å². The van der Waals surface area contributed by atoms with E-state index in [4.69, 9.17) is 4.74 Å². The van der Waals surface area contributed by atoms with Gasteiger partial charge in [0, 0.05) is 47.0 Å². The van der Waals surface area contributed by atoms with Crippen molar-refractivity contribution in [2.75, 3.05) is 17.2 Å². The molecule has 0 fully saturated rings. The highest BCUT2D eigenvalue weighted by molar-refractivity contribution is 7.20. The van der Waals surface area contributed by atoms with Crippen molar-refractivity contribution < 1.29 is 19.1 Å². The molecule has 2 N–H and O–H groups in total. The van der Waals surface area contributed by atoms with Crippen molar-refractivity contribution in [2.45, 2.75) is 19.9 Å². The fourth-order valence-corrected chi connectivity index (χ4v) is 4.18. The number of carbonyl (C=O) groups excluding carboxylic acids is 3. The van der Waals surface area contributed by atoms with Crippen LogP contribution in [-0.2, 0) is 16.1 Å². The Morgan fingerprint density at radius 2 is 1.91 bits per heavy atom. The van der Waals surface area contributed by atoms with Gasteiger partial charge in [0.05, 0.1) is 12.9 Å². The van der Waals surface area contributed by atoms with E-state index in [0.29, 0.717) is 41.4 Å². The van der Waals surface area contributed by atoms with Gasteiger partial charge in [-0.05, 0) is 54.8 Å². The lowest BCUT2D eigenvalue weighted by Gasteiger charge is -2.09. The monoisotopic (exact) mass is 462 g/mol. The fraction of sp³-hybridized carbons (Fsp3) is 0.167. The number of carbonyl (C=O) groups is 3. The van der Waals surface area contributed by atoms with Crippen molar-refractivity contribution >= 4 is 50.6 Å². The lowest BCUT2D eigenvalue weighted by Crippen LogP contribution is -2.15. The second-order valence-electron chi connectivity index (χ2n) is 7.22. The Hall–Kier alpha value is -3.98. The number of thiophene rings is 1. The molecule has 0 aliphatic heterocycles. The van der Waals surface area contributed by atoms with Gasteiger partial charge in [-0.25, -0.2) is 9.78 Å². The van der Waals surface area contributed by atoms with Crippen LogP contribution in [0.15, 0.2) is 67.3 Å². The van der Waals surface area contributed by atoms with E-state index in [1.807, 2.05) is 16.7 Å². The number of ether oxygens (including phenoxy) is 1. The molecule has 0 spiro atoms. The minimum atomic E-state index is -0.354. The van der Waals surface area contributed by atoms with E-state index in [-0.39, 0.29) is 17.8 Å². The number of hydrogen-bond donors (Lipinski definition) is 2. The van der Waals surface area contributed by atoms with Crippen LogP contribution in [0.5, 0.6) is 0 Å². The molecule has 0 atom stereocenters. The van der Waals surface area contributed by atoms with Gasteiger partial charge >= 0.3 is 5.97 Å². The SMILES string of the molecule is CCOC(=O)c1cc2cc(NC(=O)c3cccc(NC(=O)CCn4ccnc4)c3)ccc2s1. The van der Waals surface area contributed by atoms with Crippen molar-refractivity contribution in [2.24, 2.45) is 0 Å². The predicted octanol–water partition coefficient (Wildman–Crippen LogP) is 4.56. The van der Waals surface area contributed by atoms with E-state index in [9.17, 15) is 14.4 Å². The number of fused-ring (bicyclic) bond motifs is 1. The molecule has 4 aromatic rings. The van der Waals surface area contributed by atoms with Crippen molar-refractivity contribution in [3.63, 3.8) is 0 Å². The number of benzene rings is 2. The zero-order valence-electron chi connectivity index (χ0n) is 17.9. The average molecular weight is 463 g/mol. The summed E-state index contributed by atoms with van der Waals surface area (Å²) in [6, 6.07) is 14.0. The summed E-state index contributed by atoms with van der Waals surface area (Å²) in [5.74, 6) is -0.806. The van der Waals surface area contributed by atoms with Crippen molar-refractivity contribution in [3.05, 3.63) is 77.7 Å². The summed E-state index contributed by atoms with van der Waals surface area (Å²) in [4.78, 5) is 41.4. The molecule has 9 heteroatoms. The van der Waals surface area contributed by atoms with Crippen molar-refractivity contribution in [1.29, 1.82) is 0 Å². The lowest BCUT2D eigenvalue weighted by molar-refractivity contribution is -0.116. The molecule has 2 heterocycles. The molecule has 8 nitrogen and oxygen atoms in total. The van der Waals surface area contributed by atoms with Gasteiger partial charge in [-0.2, -0.15) is 0 Å². The number of aryl methyl sites for hydroxylation is 1. The lowest BCUT2D eigenvalue weighted by atomic mass is 10.1. The van der Waals surface area contributed by atoms with E-state index in [1.54, 1.807) is 62.0 Å². The Morgan fingerprint density at radius 3 is 2.70 bits per heavy atom. The van der Waals surface area contributed by atoms with Crippen LogP contribution in [0.2, 0.25) is 0 Å². The number of nitrogens with one attached hydrogen (secondary N) is 2. The quantitative estimate of drug-likeness (QED) is 0.374. The second-order valence-corrected chi connectivity index (χ2v) is 8.30. The van der Waals surface area contributed by atoms with Gasteiger partial charge in [-0.1, -0.05) is 6.07 Å². The first kappa shape index (κ1) is 22.2. The van der Waals surface area contributed by atoms with Gasteiger partial charge in [0.2, 0.25) is 5.91 Å². The number of rotatable bonds is 8. The van der Waals surface area contributed by atoms with Gasteiger partial charge in [-0.3, -0.25) is 9.59 Å². The molecule has 0 unspecified atom stereocenters. The van der Waals surface area contributed by atoms with E-state index in [1.165, 1.54) is 11.3 Å². The Bertz CT molecular complexity index is 1300. The first-order chi connectivity index (χ1) is 16.0. The topological polar surface area (TPSA) is 102 Å². The molecular weight excluding hydrogens is 440 g/mol. The number of amides is 2. The van der Waals surface area contributed by atoms with Crippen LogP contribution in [0, 0.1) is 0 Å². The highest BCUT2D eigenvalue weighted by Gasteiger charge is 2.13. The Kier molecular flexibility index (Phi) is 6.80. The van der Waals surface area contributed by atoms with Crippen molar-refractivity contribution in [1.82, 2.24) is 9.55 Å². The first-order valence-corrected chi connectivity index (χ1v) is 11.2. The van der Waals surface area contributed by atoms with E-state index < -0.39 is 0 Å². The summed E-state index contributed by atoms with van der Waals surface area (Å²) in [6.07, 6.45) is 5.41. The molecule has 2 aromatic carbocycles. The molecule has 0 aliphatic rings. The average Bonchev–Trinajstić information content (AvgIpc) is 3.47. The maximum absolute atomic E-state index is 12.8. The molecule has 0 bridgehead atoms. The standard InChI is InChI=1S/C24H22N4O4S/c1-2-32-24(31)21-14-17-13-19(6-7-20(17)33-21)27-23(30)16-4-3-5-18(12-16)26-22(29)8-10-28-11-9-25-15-28/h3-7,9,11-15H,2,8,10H2,1H3,(H,26,29)(H,27,30). The van der Waals surface area contributed by atoms with Gasteiger partial charge in [-0.15, -0.1) is 11.3 Å². The van der Waals surface area contributed by atoms with Crippen LogP contribution in [0.1, 0.15) is 33.4 Å². The zero-order chi connectivity index (χ0) is 23.2. The number of hydrogen-bond acceptors (Lipinski definition) is 6. The fourth-order valence-electron chi connectivity index (χ4n) is 3.24. The van der Waals surface area contributed by atoms with Crippen LogP contribution in [0.4, 0.5) is 11.4 Å². The molecule has 0 aliphatic carbocycles. The second kappa shape index (κ2) is 10.1. The van der Waals surface area contributed by atoms with Crippen LogP contribution >= 0.6 is 11.3 Å². The van der Waals surface area contributed by atoms with Crippen LogP contribution in [0.3, 0.4) is 0 Å². The molecular formula is C24H22N4O4S. The Morgan fingerprint density at radius 1 is 1.06 bits per heavy atom. The van der Waals surface area contributed by atoms with Crippen LogP contribution < -0.4 is 10.6 Å².